The third kappa shape index (κ3) is 4.52. The molecule has 6 heteroatoms. The summed E-state index contributed by atoms with van der Waals surface area (Å²) in [4.78, 5) is 21.5. The van der Waals surface area contributed by atoms with E-state index in [0.717, 1.165) is 22.2 Å². The molecule has 0 saturated carbocycles. The van der Waals surface area contributed by atoms with E-state index in [9.17, 15) is 4.79 Å². The van der Waals surface area contributed by atoms with Crippen LogP contribution < -0.4 is 5.32 Å². The standard InChI is InChI=1S/C23H19N3O2.ClH/c1-2-28-23(27)17-11-8-12-18(15-17)24-22-19-13-6-7-14-20(19)25-21(26-22)16-9-4-3-5-10-16;/h3-15H,2H2,1H3,(H,24,25,26);1H. The van der Waals surface area contributed by atoms with Gasteiger partial charge in [-0.2, -0.15) is 0 Å². The predicted molar refractivity (Wildman–Crippen MR) is 118 cm³/mol. The highest BCUT2D eigenvalue weighted by Gasteiger charge is 2.11. The summed E-state index contributed by atoms with van der Waals surface area (Å²) in [6, 6.07) is 24.9. The van der Waals surface area contributed by atoms with E-state index >= 15 is 0 Å². The fourth-order valence-electron chi connectivity index (χ4n) is 2.96. The fourth-order valence-corrected chi connectivity index (χ4v) is 2.96. The smallest absolute Gasteiger partial charge is 0.338 e. The summed E-state index contributed by atoms with van der Waals surface area (Å²) in [5.41, 5.74) is 3.04. The highest BCUT2D eigenvalue weighted by atomic mass is 35.5. The molecule has 0 amide bonds. The van der Waals surface area contributed by atoms with Gasteiger partial charge in [-0.05, 0) is 37.3 Å². The van der Waals surface area contributed by atoms with Gasteiger partial charge in [0.1, 0.15) is 5.82 Å². The van der Waals surface area contributed by atoms with Gasteiger partial charge in [-0.1, -0.05) is 48.5 Å². The molecule has 1 aromatic heterocycles. The van der Waals surface area contributed by atoms with E-state index < -0.39 is 0 Å². The zero-order valence-electron chi connectivity index (χ0n) is 15.8. The van der Waals surface area contributed by atoms with Gasteiger partial charge in [-0.25, -0.2) is 14.8 Å². The second kappa shape index (κ2) is 9.17. The number of carbonyl (C=O) groups is 1. The first-order chi connectivity index (χ1) is 13.7. The molecule has 1 N–H and O–H groups in total. The van der Waals surface area contributed by atoms with Crippen molar-refractivity contribution in [3.05, 3.63) is 84.4 Å². The Balaban J connectivity index is 0.00000240. The van der Waals surface area contributed by atoms with Crippen molar-refractivity contribution in [2.45, 2.75) is 6.92 Å². The molecule has 5 nitrogen and oxygen atoms in total. The van der Waals surface area contributed by atoms with E-state index in [1.165, 1.54) is 0 Å². The van der Waals surface area contributed by atoms with Crippen molar-refractivity contribution in [3.63, 3.8) is 0 Å². The van der Waals surface area contributed by atoms with E-state index in [2.05, 4.69) is 5.32 Å². The molecule has 29 heavy (non-hydrogen) atoms. The molecule has 0 fully saturated rings. The molecule has 0 bridgehead atoms. The lowest BCUT2D eigenvalue weighted by molar-refractivity contribution is 0.0526. The molecule has 0 radical (unpaired) electrons. The maximum absolute atomic E-state index is 12.0. The number of esters is 1. The monoisotopic (exact) mass is 405 g/mol. The first-order valence-corrected chi connectivity index (χ1v) is 9.11. The van der Waals surface area contributed by atoms with Crippen molar-refractivity contribution in [2.24, 2.45) is 0 Å². The Labute approximate surface area is 175 Å². The molecule has 0 saturated heterocycles. The van der Waals surface area contributed by atoms with Gasteiger partial charge in [0.2, 0.25) is 0 Å². The van der Waals surface area contributed by atoms with Gasteiger partial charge in [0.25, 0.3) is 0 Å². The molecule has 146 valence electrons. The normalized spacial score (nSPS) is 10.2. The van der Waals surface area contributed by atoms with Crippen molar-refractivity contribution in [1.82, 2.24) is 9.97 Å². The first kappa shape index (κ1) is 20.3. The molecule has 0 atom stereocenters. The third-order valence-corrected chi connectivity index (χ3v) is 4.27. The molecule has 3 aromatic carbocycles. The average molecular weight is 406 g/mol. The van der Waals surface area contributed by atoms with E-state index in [0.29, 0.717) is 23.8 Å². The first-order valence-electron chi connectivity index (χ1n) is 9.11. The van der Waals surface area contributed by atoms with Crippen molar-refractivity contribution in [2.75, 3.05) is 11.9 Å². The number of benzene rings is 3. The Hall–Kier alpha value is -3.44. The number of aromatic nitrogens is 2. The maximum atomic E-state index is 12.0. The van der Waals surface area contributed by atoms with Gasteiger partial charge in [0.05, 0.1) is 17.7 Å². The molecular formula is C23H20ClN3O2. The lowest BCUT2D eigenvalue weighted by atomic mass is 10.1. The van der Waals surface area contributed by atoms with Crippen molar-refractivity contribution in [3.8, 4) is 11.4 Å². The number of anilines is 2. The van der Waals surface area contributed by atoms with Gasteiger partial charge in [-0.3, -0.25) is 0 Å². The second-order valence-electron chi connectivity index (χ2n) is 6.21. The number of carbonyl (C=O) groups excluding carboxylic acids is 1. The number of rotatable bonds is 5. The lowest BCUT2D eigenvalue weighted by Crippen LogP contribution is -2.05. The number of hydrogen-bond donors (Lipinski definition) is 1. The van der Waals surface area contributed by atoms with Crippen LogP contribution >= 0.6 is 12.4 Å². The minimum atomic E-state index is -0.344. The summed E-state index contributed by atoms with van der Waals surface area (Å²) >= 11 is 0. The number of fused-ring (bicyclic) bond motifs is 1. The summed E-state index contributed by atoms with van der Waals surface area (Å²) in [7, 11) is 0. The molecule has 0 aliphatic heterocycles. The van der Waals surface area contributed by atoms with Crippen LogP contribution in [0.2, 0.25) is 0 Å². The molecule has 0 aliphatic carbocycles. The number of ether oxygens (including phenoxy) is 1. The zero-order chi connectivity index (χ0) is 19.3. The molecule has 1 heterocycles. The summed E-state index contributed by atoms with van der Waals surface area (Å²) in [6.45, 7) is 2.13. The average Bonchev–Trinajstić information content (AvgIpc) is 2.75. The number of para-hydroxylation sites is 1. The van der Waals surface area contributed by atoms with Crippen molar-refractivity contribution in [1.29, 1.82) is 0 Å². The molecule has 0 unspecified atom stereocenters. The molecule has 0 aliphatic rings. The number of nitrogens with one attached hydrogen (secondary N) is 1. The van der Waals surface area contributed by atoms with Crippen LogP contribution in [0.3, 0.4) is 0 Å². The SMILES string of the molecule is CCOC(=O)c1cccc(Nc2nc(-c3ccccc3)nc3ccccc23)c1.Cl. The Morgan fingerprint density at radius 3 is 2.48 bits per heavy atom. The summed E-state index contributed by atoms with van der Waals surface area (Å²) in [6.07, 6.45) is 0. The van der Waals surface area contributed by atoms with Gasteiger partial charge in [-0.15, -0.1) is 12.4 Å². The zero-order valence-corrected chi connectivity index (χ0v) is 16.6. The molecule has 4 rings (SSSR count). The summed E-state index contributed by atoms with van der Waals surface area (Å²) < 4.78 is 5.09. The van der Waals surface area contributed by atoms with Gasteiger partial charge < -0.3 is 10.1 Å². The van der Waals surface area contributed by atoms with Crippen LogP contribution in [-0.2, 0) is 4.74 Å². The Morgan fingerprint density at radius 1 is 0.931 bits per heavy atom. The second-order valence-corrected chi connectivity index (χ2v) is 6.21. The quantitative estimate of drug-likeness (QED) is 0.435. The highest BCUT2D eigenvalue weighted by Crippen LogP contribution is 2.27. The van der Waals surface area contributed by atoms with E-state index in [4.69, 9.17) is 14.7 Å². The third-order valence-electron chi connectivity index (χ3n) is 4.27. The minimum Gasteiger partial charge on any atom is -0.462 e. The molecular weight excluding hydrogens is 386 g/mol. The van der Waals surface area contributed by atoms with E-state index in [1.807, 2.05) is 66.7 Å². The van der Waals surface area contributed by atoms with Crippen LogP contribution in [0.15, 0.2) is 78.9 Å². The summed E-state index contributed by atoms with van der Waals surface area (Å²) in [5.74, 6) is 0.984. The van der Waals surface area contributed by atoms with E-state index in [1.54, 1.807) is 19.1 Å². The number of hydrogen-bond acceptors (Lipinski definition) is 5. The van der Waals surface area contributed by atoms with Crippen molar-refractivity contribution < 1.29 is 9.53 Å². The van der Waals surface area contributed by atoms with Gasteiger partial charge >= 0.3 is 5.97 Å². The summed E-state index contributed by atoms with van der Waals surface area (Å²) in [5, 5.41) is 4.24. The molecule has 0 spiro atoms. The van der Waals surface area contributed by atoms with Crippen LogP contribution in [0.4, 0.5) is 11.5 Å². The van der Waals surface area contributed by atoms with Crippen LogP contribution in [-0.4, -0.2) is 22.5 Å². The Kier molecular flexibility index (Phi) is 6.42. The lowest BCUT2D eigenvalue weighted by Gasteiger charge is -2.12. The number of halogens is 1. The van der Waals surface area contributed by atoms with Crippen LogP contribution in [0.1, 0.15) is 17.3 Å². The Morgan fingerprint density at radius 2 is 1.69 bits per heavy atom. The topological polar surface area (TPSA) is 64.1 Å². The maximum Gasteiger partial charge on any atom is 0.338 e. The van der Waals surface area contributed by atoms with Crippen LogP contribution in [0.25, 0.3) is 22.3 Å². The minimum absolute atomic E-state index is 0. The largest absolute Gasteiger partial charge is 0.462 e. The fraction of sp³-hybridized carbons (Fsp3) is 0.0870. The predicted octanol–water partition coefficient (Wildman–Crippen LogP) is 5.64. The van der Waals surface area contributed by atoms with Crippen LogP contribution in [0, 0.1) is 0 Å². The van der Waals surface area contributed by atoms with Gasteiger partial charge in [0, 0.05) is 16.6 Å². The van der Waals surface area contributed by atoms with Gasteiger partial charge in [0.15, 0.2) is 5.82 Å². The Bertz CT molecular complexity index is 1130. The van der Waals surface area contributed by atoms with Crippen molar-refractivity contribution >= 4 is 40.8 Å². The molecule has 4 aromatic rings. The highest BCUT2D eigenvalue weighted by molar-refractivity contribution is 5.94. The van der Waals surface area contributed by atoms with E-state index in [-0.39, 0.29) is 18.4 Å². The van der Waals surface area contributed by atoms with Crippen LogP contribution in [0.5, 0.6) is 0 Å². The number of nitrogens with zero attached hydrogens (tertiary/aromatic N) is 2.